The minimum Gasteiger partial charge on any atom is -0.407 e. The molecule has 1 aliphatic rings. The fourth-order valence-electron chi connectivity index (χ4n) is 1.95. The van der Waals surface area contributed by atoms with Crippen LogP contribution in [0.15, 0.2) is 27.5 Å². The average molecular weight is 244 g/mol. The molecule has 0 bridgehead atoms. The highest BCUT2D eigenvalue weighted by atomic mass is 32.1. The lowest BCUT2D eigenvalue weighted by molar-refractivity contribution is 0.447. The average Bonchev–Trinajstić information content (AvgIpc) is 3.11. The van der Waals surface area contributed by atoms with Gasteiger partial charge in [-0.25, -0.2) is 14.8 Å². The normalized spacial score (nSPS) is 15.8. The molecule has 1 saturated carbocycles. The summed E-state index contributed by atoms with van der Waals surface area (Å²) in [5.74, 6) is 0.935. The number of nitrogens with zero attached hydrogens (tertiary/aromatic N) is 2. The van der Waals surface area contributed by atoms with Crippen LogP contribution in [-0.4, -0.2) is 9.97 Å². The third kappa shape index (κ3) is 1.32. The Kier molecular flexibility index (Phi) is 1.71. The zero-order chi connectivity index (χ0) is 11.4. The van der Waals surface area contributed by atoms with Crippen LogP contribution >= 0.6 is 11.3 Å². The molecule has 4 rings (SSSR count). The second-order valence-electron chi connectivity index (χ2n) is 4.25. The van der Waals surface area contributed by atoms with E-state index in [2.05, 4.69) is 9.97 Å². The number of hydrogen-bond acceptors (Lipinski definition) is 5. The van der Waals surface area contributed by atoms with Gasteiger partial charge < -0.3 is 4.42 Å². The summed E-state index contributed by atoms with van der Waals surface area (Å²) >= 11 is 1.35. The van der Waals surface area contributed by atoms with Crippen molar-refractivity contribution in [3.05, 3.63) is 34.6 Å². The van der Waals surface area contributed by atoms with E-state index in [4.69, 9.17) is 4.42 Å². The molecule has 3 heterocycles. The molecule has 1 aliphatic carbocycles. The smallest absolute Gasteiger partial charge is 0.357 e. The van der Waals surface area contributed by atoms with E-state index in [0.29, 0.717) is 16.5 Å². The largest absolute Gasteiger partial charge is 0.407 e. The molecule has 0 saturated heterocycles. The van der Waals surface area contributed by atoms with Gasteiger partial charge in [0.2, 0.25) is 5.89 Å². The predicted molar refractivity (Wildman–Crippen MR) is 65.4 cm³/mol. The van der Waals surface area contributed by atoms with Crippen molar-refractivity contribution >= 4 is 31.8 Å². The van der Waals surface area contributed by atoms with Crippen molar-refractivity contribution in [1.29, 1.82) is 0 Å². The number of pyridine rings is 1. The van der Waals surface area contributed by atoms with E-state index in [-0.39, 0.29) is 5.63 Å². The van der Waals surface area contributed by atoms with Gasteiger partial charge in [-0.15, -0.1) is 11.3 Å². The molecule has 0 radical (unpaired) electrons. The van der Waals surface area contributed by atoms with Crippen molar-refractivity contribution in [3.63, 3.8) is 0 Å². The van der Waals surface area contributed by atoms with E-state index in [1.54, 1.807) is 6.20 Å². The van der Waals surface area contributed by atoms with Crippen molar-refractivity contribution in [2.75, 3.05) is 0 Å². The molecule has 17 heavy (non-hydrogen) atoms. The number of thiophene rings is 1. The van der Waals surface area contributed by atoms with Crippen LogP contribution in [0.3, 0.4) is 0 Å². The summed E-state index contributed by atoms with van der Waals surface area (Å²) in [5.41, 5.74) is 0.469. The van der Waals surface area contributed by atoms with Gasteiger partial charge in [-0.3, -0.25) is 0 Å². The van der Waals surface area contributed by atoms with Gasteiger partial charge in [0.05, 0.1) is 0 Å². The van der Waals surface area contributed by atoms with Gasteiger partial charge >= 0.3 is 5.63 Å². The molecule has 0 aromatic carbocycles. The van der Waals surface area contributed by atoms with Crippen molar-refractivity contribution in [2.24, 2.45) is 0 Å². The molecular weight excluding hydrogens is 236 g/mol. The summed E-state index contributed by atoms with van der Waals surface area (Å²) in [5, 5.41) is 0.947. The van der Waals surface area contributed by atoms with Crippen LogP contribution in [0.25, 0.3) is 20.4 Å². The molecular formula is C12H8N2O2S. The molecule has 0 amide bonds. The minimum atomic E-state index is -0.278. The van der Waals surface area contributed by atoms with E-state index in [1.807, 2.05) is 12.1 Å². The summed E-state index contributed by atoms with van der Waals surface area (Å²) in [6, 6.07) is 3.81. The first-order chi connectivity index (χ1) is 8.33. The highest BCUT2D eigenvalue weighted by Gasteiger charge is 2.29. The van der Waals surface area contributed by atoms with Crippen LogP contribution in [0.2, 0.25) is 0 Å². The SMILES string of the molecule is O=c1oc(C2CC2)nc2c1sc1ncccc12. The van der Waals surface area contributed by atoms with Crippen molar-refractivity contribution < 1.29 is 4.42 Å². The zero-order valence-electron chi connectivity index (χ0n) is 8.84. The molecule has 0 unspecified atom stereocenters. The number of aromatic nitrogens is 2. The number of fused-ring (bicyclic) bond motifs is 3. The molecule has 0 N–H and O–H groups in total. The second kappa shape index (κ2) is 3.13. The molecule has 1 fully saturated rings. The Bertz CT molecular complexity index is 786. The van der Waals surface area contributed by atoms with Gasteiger partial charge in [0.25, 0.3) is 0 Å². The maximum atomic E-state index is 11.9. The lowest BCUT2D eigenvalue weighted by Gasteiger charge is -1.95. The van der Waals surface area contributed by atoms with Crippen molar-refractivity contribution in [1.82, 2.24) is 9.97 Å². The summed E-state index contributed by atoms with van der Waals surface area (Å²) < 4.78 is 5.83. The van der Waals surface area contributed by atoms with Gasteiger partial charge in [-0.2, -0.15) is 0 Å². The Morgan fingerprint density at radius 1 is 1.41 bits per heavy atom. The monoisotopic (exact) mass is 244 g/mol. The maximum absolute atomic E-state index is 11.9. The van der Waals surface area contributed by atoms with Crippen molar-refractivity contribution in [3.8, 4) is 0 Å². The Labute approximate surface area is 99.9 Å². The fraction of sp³-hybridized carbons (Fsp3) is 0.250. The molecule has 4 nitrogen and oxygen atoms in total. The third-order valence-electron chi connectivity index (χ3n) is 2.97. The van der Waals surface area contributed by atoms with Crippen molar-refractivity contribution in [2.45, 2.75) is 18.8 Å². The van der Waals surface area contributed by atoms with Gasteiger partial charge in [-0.1, -0.05) is 0 Å². The summed E-state index contributed by atoms with van der Waals surface area (Å²) in [7, 11) is 0. The van der Waals surface area contributed by atoms with Gasteiger partial charge in [0, 0.05) is 17.5 Å². The van der Waals surface area contributed by atoms with Gasteiger partial charge in [-0.05, 0) is 25.0 Å². The second-order valence-corrected chi connectivity index (χ2v) is 5.25. The first-order valence-corrected chi connectivity index (χ1v) is 6.33. The van der Waals surface area contributed by atoms with Crippen LogP contribution in [-0.2, 0) is 0 Å². The lowest BCUT2D eigenvalue weighted by Crippen LogP contribution is -2.01. The van der Waals surface area contributed by atoms with Crippen LogP contribution in [0, 0.1) is 0 Å². The highest BCUT2D eigenvalue weighted by molar-refractivity contribution is 7.25. The Hall–Kier alpha value is -1.75. The maximum Gasteiger partial charge on any atom is 0.357 e. The first-order valence-electron chi connectivity index (χ1n) is 5.51. The van der Waals surface area contributed by atoms with Crippen LogP contribution in [0.1, 0.15) is 24.7 Å². The lowest BCUT2D eigenvalue weighted by atomic mass is 10.3. The topological polar surface area (TPSA) is 56.0 Å². The molecule has 84 valence electrons. The first kappa shape index (κ1) is 9.30. The third-order valence-corrected chi connectivity index (χ3v) is 4.05. The molecule has 5 heteroatoms. The molecule has 0 spiro atoms. The van der Waals surface area contributed by atoms with Crippen LogP contribution < -0.4 is 5.63 Å². The molecule has 3 aromatic heterocycles. The van der Waals surface area contributed by atoms with E-state index >= 15 is 0 Å². The van der Waals surface area contributed by atoms with E-state index in [1.165, 1.54) is 11.3 Å². The number of hydrogen-bond donors (Lipinski definition) is 0. The summed E-state index contributed by atoms with van der Waals surface area (Å²) in [4.78, 5) is 21.5. The Morgan fingerprint density at radius 3 is 3.12 bits per heavy atom. The summed E-state index contributed by atoms with van der Waals surface area (Å²) in [6.07, 6.45) is 3.87. The molecule has 3 aromatic rings. The van der Waals surface area contributed by atoms with E-state index in [0.717, 1.165) is 28.6 Å². The molecule has 0 aliphatic heterocycles. The fourth-order valence-corrected chi connectivity index (χ4v) is 2.91. The summed E-state index contributed by atoms with van der Waals surface area (Å²) in [6.45, 7) is 0. The highest BCUT2D eigenvalue weighted by Crippen LogP contribution is 2.40. The Morgan fingerprint density at radius 2 is 2.29 bits per heavy atom. The van der Waals surface area contributed by atoms with E-state index < -0.39 is 0 Å². The van der Waals surface area contributed by atoms with Crippen LogP contribution in [0.4, 0.5) is 0 Å². The minimum absolute atomic E-state index is 0.278. The van der Waals surface area contributed by atoms with Gasteiger partial charge in [0.1, 0.15) is 15.0 Å². The zero-order valence-corrected chi connectivity index (χ0v) is 9.66. The van der Waals surface area contributed by atoms with Gasteiger partial charge in [0.15, 0.2) is 0 Å². The van der Waals surface area contributed by atoms with E-state index in [9.17, 15) is 4.79 Å². The van der Waals surface area contributed by atoms with Crippen LogP contribution in [0.5, 0.6) is 0 Å². The molecule has 0 atom stereocenters. The quantitative estimate of drug-likeness (QED) is 0.660. The predicted octanol–water partition coefficient (Wildman–Crippen LogP) is 2.68. The standard InChI is InChI=1S/C12H8N2O2S/c15-12-9-8(14-10(16-12)6-3-4-6)7-2-1-5-13-11(7)17-9/h1-2,5-6H,3-4H2. The number of rotatable bonds is 1. The Balaban J connectivity index is 2.18.